The predicted octanol–water partition coefficient (Wildman–Crippen LogP) is 4.66. The molecule has 2 aromatic carbocycles. The van der Waals surface area contributed by atoms with E-state index >= 15 is 0 Å². The van der Waals surface area contributed by atoms with Crippen molar-refractivity contribution in [2.45, 2.75) is 39.2 Å². The zero-order valence-corrected chi connectivity index (χ0v) is 18.5. The lowest BCUT2D eigenvalue weighted by Crippen LogP contribution is -2.50. The van der Waals surface area contributed by atoms with Gasteiger partial charge < -0.3 is 15.0 Å². The summed E-state index contributed by atoms with van der Waals surface area (Å²) in [5.41, 5.74) is 1.57. The number of aryl methyl sites for hydroxylation is 2. The van der Waals surface area contributed by atoms with Gasteiger partial charge >= 0.3 is 0 Å². The fourth-order valence-corrected chi connectivity index (χ4v) is 3.91. The number of rotatable bonds is 5. The maximum absolute atomic E-state index is 13.8. The zero-order valence-electron chi connectivity index (χ0n) is 18.5. The minimum Gasteiger partial charge on any atom is -0.454 e. The molecule has 1 N–H and O–H groups in total. The normalized spacial score (nSPS) is 15.7. The van der Waals surface area contributed by atoms with Crippen molar-refractivity contribution in [1.29, 1.82) is 0 Å². The molecular weight excluding hydrogens is 423 g/mol. The first kappa shape index (κ1) is 22.4. The van der Waals surface area contributed by atoms with E-state index < -0.39 is 11.9 Å². The highest BCUT2D eigenvalue weighted by Gasteiger charge is 2.33. The number of carbonyl (C=O) groups is 2. The largest absolute Gasteiger partial charge is 0.454 e. The van der Waals surface area contributed by atoms with Crippen molar-refractivity contribution in [1.82, 2.24) is 14.9 Å². The van der Waals surface area contributed by atoms with Gasteiger partial charge in [-0.1, -0.05) is 12.1 Å². The fourth-order valence-electron chi connectivity index (χ4n) is 3.91. The number of piperidine rings is 1. The Hall–Kier alpha value is -3.81. The van der Waals surface area contributed by atoms with E-state index in [0.717, 1.165) is 12.8 Å². The minimum atomic E-state index is -0.587. The number of halogens is 1. The van der Waals surface area contributed by atoms with Crippen LogP contribution in [0, 0.1) is 19.7 Å². The van der Waals surface area contributed by atoms with E-state index in [0.29, 0.717) is 41.6 Å². The number of nitrogens with one attached hydrogen (secondary N) is 1. The second kappa shape index (κ2) is 9.77. The van der Waals surface area contributed by atoms with Crippen molar-refractivity contribution in [3.05, 3.63) is 77.6 Å². The molecule has 1 saturated heterocycles. The molecule has 1 aromatic heterocycles. The molecule has 4 rings (SSSR count). The van der Waals surface area contributed by atoms with E-state index in [1.54, 1.807) is 60.4 Å². The van der Waals surface area contributed by atoms with Gasteiger partial charge in [-0.25, -0.2) is 14.4 Å². The summed E-state index contributed by atoms with van der Waals surface area (Å²) in [6.45, 7) is 4.05. The first-order valence-corrected chi connectivity index (χ1v) is 10.9. The van der Waals surface area contributed by atoms with Crippen LogP contribution in [0.4, 0.5) is 10.1 Å². The Bertz CT molecular complexity index is 1150. The summed E-state index contributed by atoms with van der Waals surface area (Å²) in [5, 5.41) is 2.88. The third-order valence-corrected chi connectivity index (χ3v) is 5.44. The molecule has 1 atom stereocenters. The number of nitrogens with zero attached hydrogens (tertiary/aromatic N) is 3. The Morgan fingerprint density at radius 3 is 2.55 bits per heavy atom. The van der Waals surface area contributed by atoms with Crippen molar-refractivity contribution < 1.29 is 18.7 Å². The van der Waals surface area contributed by atoms with E-state index in [-0.39, 0.29) is 17.6 Å². The van der Waals surface area contributed by atoms with Crippen molar-refractivity contribution in [3.8, 4) is 11.5 Å². The Morgan fingerprint density at radius 2 is 1.82 bits per heavy atom. The van der Waals surface area contributed by atoms with Gasteiger partial charge in [-0.2, -0.15) is 0 Å². The summed E-state index contributed by atoms with van der Waals surface area (Å²) in [7, 11) is 0. The minimum absolute atomic E-state index is 0.126. The first-order chi connectivity index (χ1) is 15.9. The number of anilines is 1. The summed E-state index contributed by atoms with van der Waals surface area (Å²) < 4.78 is 19.3. The molecule has 170 valence electrons. The summed E-state index contributed by atoms with van der Waals surface area (Å²) in [6, 6.07) is 13.9. The average Bonchev–Trinajstić information content (AvgIpc) is 2.80. The molecule has 3 aromatic rings. The molecule has 7 nitrogen and oxygen atoms in total. The number of benzene rings is 2. The molecule has 0 bridgehead atoms. The van der Waals surface area contributed by atoms with E-state index in [4.69, 9.17) is 4.74 Å². The van der Waals surface area contributed by atoms with Gasteiger partial charge in [-0.15, -0.1) is 0 Å². The molecule has 1 aliphatic heterocycles. The number of hydrogen-bond acceptors (Lipinski definition) is 5. The Balaban J connectivity index is 1.45. The van der Waals surface area contributed by atoms with Crippen molar-refractivity contribution in [2.75, 3.05) is 11.9 Å². The Morgan fingerprint density at radius 1 is 1.06 bits per heavy atom. The van der Waals surface area contributed by atoms with Gasteiger partial charge in [0.1, 0.15) is 23.3 Å². The van der Waals surface area contributed by atoms with Crippen molar-refractivity contribution >= 4 is 17.5 Å². The van der Waals surface area contributed by atoms with Crippen LogP contribution in [0.15, 0.2) is 54.6 Å². The zero-order chi connectivity index (χ0) is 23.4. The maximum atomic E-state index is 13.8. The molecule has 1 aliphatic rings. The third kappa shape index (κ3) is 5.34. The summed E-state index contributed by atoms with van der Waals surface area (Å²) in [4.78, 5) is 36.2. The van der Waals surface area contributed by atoms with Gasteiger partial charge in [0, 0.05) is 17.9 Å². The predicted molar refractivity (Wildman–Crippen MR) is 122 cm³/mol. The van der Waals surface area contributed by atoms with Crippen LogP contribution in [0.25, 0.3) is 0 Å². The number of hydrogen-bond donors (Lipinski definition) is 1. The molecule has 2 amide bonds. The molecule has 0 radical (unpaired) electrons. The number of para-hydroxylation sites is 1. The summed E-state index contributed by atoms with van der Waals surface area (Å²) in [5.74, 6) is 0.119. The van der Waals surface area contributed by atoms with E-state index in [2.05, 4.69) is 15.3 Å². The number of carbonyl (C=O) groups excluding carboxylic acids is 2. The monoisotopic (exact) mass is 448 g/mol. The van der Waals surface area contributed by atoms with Gasteiger partial charge in [0.15, 0.2) is 11.6 Å². The Kier molecular flexibility index (Phi) is 6.63. The summed E-state index contributed by atoms with van der Waals surface area (Å²) >= 11 is 0. The summed E-state index contributed by atoms with van der Waals surface area (Å²) in [6.07, 6.45) is 2.27. The highest BCUT2D eigenvalue weighted by molar-refractivity contribution is 6.00. The van der Waals surface area contributed by atoms with Gasteiger partial charge in [-0.05, 0) is 75.6 Å². The second-order valence-corrected chi connectivity index (χ2v) is 8.00. The quantitative estimate of drug-likeness (QED) is 0.614. The van der Waals surface area contributed by atoms with Crippen LogP contribution < -0.4 is 10.1 Å². The van der Waals surface area contributed by atoms with Crippen LogP contribution in [0.5, 0.6) is 11.5 Å². The molecule has 0 spiro atoms. The number of amides is 2. The highest BCUT2D eigenvalue weighted by Crippen LogP contribution is 2.26. The molecule has 0 saturated carbocycles. The van der Waals surface area contributed by atoms with Crippen LogP contribution >= 0.6 is 0 Å². The molecule has 2 heterocycles. The molecule has 0 aliphatic carbocycles. The molecular formula is C25H25FN4O3. The van der Waals surface area contributed by atoms with Gasteiger partial charge in [-0.3, -0.25) is 9.59 Å². The topological polar surface area (TPSA) is 84.4 Å². The first-order valence-electron chi connectivity index (χ1n) is 10.9. The highest BCUT2D eigenvalue weighted by atomic mass is 19.1. The lowest BCUT2D eigenvalue weighted by molar-refractivity contribution is -0.121. The van der Waals surface area contributed by atoms with Crippen molar-refractivity contribution in [3.63, 3.8) is 0 Å². The lowest BCUT2D eigenvalue weighted by atomic mass is 10.0. The number of likely N-dealkylation sites (tertiary alicyclic amines) is 1. The average molecular weight is 448 g/mol. The Labute approximate surface area is 191 Å². The van der Waals surface area contributed by atoms with E-state index in [1.165, 1.54) is 6.07 Å². The molecule has 1 unspecified atom stereocenters. The van der Waals surface area contributed by atoms with E-state index in [9.17, 15) is 14.0 Å². The van der Waals surface area contributed by atoms with Crippen LogP contribution in [0.1, 0.15) is 41.3 Å². The smallest absolute Gasteiger partial charge is 0.273 e. The van der Waals surface area contributed by atoms with Gasteiger partial charge in [0.2, 0.25) is 5.91 Å². The maximum Gasteiger partial charge on any atom is 0.273 e. The van der Waals surface area contributed by atoms with Crippen LogP contribution in [-0.2, 0) is 4.79 Å². The van der Waals surface area contributed by atoms with Gasteiger partial charge in [0.25, 0.3) is 5.91 Å². The van der Waals surface area contributed by atoms with Crippen LogP contribution in [0.2, 0.25) is 0 Å². The molecule has 8 heteroatoms. The SMILES string of the molecule is Cc1cc(C(=O)N2CCCCC2C(=O)Nc2ccc(Oc3ccccc3F)cc2)nc(C)n1. The van der Waals surface area contributed by atoms with Gasteiger partial charge in [0.05, 0.1) is 0 Å². The standard InChI is InChI=1S/C25H25FN4O3/c1-16-15-21(28-17(2)27-16)25(32)30-14-6-5-8-22(30)24(31)29-18-10-12-19(13-11-18)33-23-9-4-3-7-20(23)26/h3-4,7,9-13,15,22H,5-6,8,14H2,1-2H3,(H,29,31). The second-order valence-electron chi connectivity index (χ2n) is 8.00. The van der Waals surface area contributed by atoms with E-state index in [1.807, 2.05) is 6.92 Å². The van der Waals surface area contributed by atoms with Crippen molar-refractivity contribution in [2.24, 2.45) is 0 Å². The molecule has 1 fully saturated rings. The third-order valence-electron chi connectivity index (χ3n) is 5.44. The molecule has 33 heavy (non-hydrogen) atoms. The lowest BCUT2D eigenvalue weighted by Gasteiger charge is -2.34. The fraction of sp³-hybridized carbons (Fsp3) is 0.280. The number of aromatic nitrogens is 2. The van der Waals surface area contributed by atoms with Crippen LogP contribution in [-0.4, -0.2) is 39.3 Å². The van der Waals surface area contributed by atoms with Crippen LogP contribution in [0.3, 0.4) is 0 Å². The number of ether oxygens (including phenoxy) is 1.